The van der Waals surface area contributed by atoms with Gasteiger partial charge in [-0.3, -0.25) is 9.59 Å². The Hall–Kier alpha value is -2.58. The number of esters is 1. The predicted octanol–water partition coefficient (Wildman–Crippen LogP) is 3.83. The highest BCUT2D eigenvalue weighted by atomic mass is 16.7. The lowest BCUT2D eigenvalue weighted by molar-refractivity contribution is -0.168. The summed E-state index contributed by atoms with van der Waals surface area (Å²) in [5.41, 5.74) is -0.105. The molecule has 188 valence electrons. The van der Waals surface area contributed by atoms with Crippen LogP contribution in [0.1, 0.15) is 52.4 Å². The number of Topliss-reactive ketones (excluding diaryl/α,β-unsaturated/α-hetero) is 1. The van der Waals surface area contributed by atoms with E-state index in [2.05, 4.69) is 11.7 Å². The van der Waals surface area contributed by atoms with Gasteiger partial charge >= 0.3 is 18.3 Å². The Balaban J connectivity index is 1.80. The second-order valence-corrected chi connectivity index (χ2v) is 10.5. The molecule has 0 N–H and O–H groups in total. The van der Waals surface area contributed by atoms with Gasteiger partial charge in [-0.05, 0) is 42.9 Å². The molecule has 0 aliphatic heterocycles. The largest absolute Gasteiger partial charge is 0.508 e. The van der Waals surface area contributed by atoms with Gasteiger partial charge in [-0.15, -0.1) is 0 Å². The van der Waals surface area contributed by atoms with E-state index in [0.29, 0.717) is 38.5 Å². The Labute approximate surface area is 199 Å². The first-order chi connectivity index (χ1) is 16.1. The SMILES string of the molecule is COC(=O)OC1CCC2(C)C(=C[C@@H](C(=O)OC)C3C4CCC(=O)C4(C)C[C@@H](OC(=O)OC)C32)C1. The molecule has 0 aromatic carbocycles. The Morgan fingerprint density at radius 1 is 0.941 bits per heavy atom. The molecule has 0 amide bonds. The minimum absolute atomic E-state index is 0.0229. The zero-order valence-corrected chi connectivity index (χ0v) is 20.5. The molecular weight excluding hydrogens is 444 g/mol. The second kappa shape index (κ2) is 8.89. The molecule has 6 unspecified atom stereocenters. The van der Waals surface area contributed by atoms with E-state index in [1.165, 1.54) is 21.3 Å². The van der Waals surface area contributed by atoms with Gasteiger partial charge in [0, 0.05) is 24.2 Å². The molecule has 9 heteroatoms. The van der Waals surface area contributed by atoms with Crippen LogP contribution < -0.4 is 0 Å². The summed E-state index contributed by atoms with van der Waals surface area (Å²) in [6.45, 7) is 4.07. The third kappa shape index (κ3) is 3.77. The van der Waals surface area contributed by atoms with Crippen molar-refractivity contribution in [2.24, 2.45) is 34.5 Å². The van der Waals surface area contributed by atoms with Crippen molar-refractivity contribution in [3.8, 4) is 0 Å². The first-order valence-electron chi connectivity index (χ1n) is 11.9. The molecule has 0 spiro atoms. The van der Waals surface area contributed by atoms with Crippen LogP contribution >= 0.6 is 0 Å². The minimum atomic E-state index is -0.798. The van der Waals surface area contributed by atoms with Gasteiger partial charge in [0.15, 0.2) is 0 Å². The molecule has 3 saturated carbocycles. The molecule has 0 saturated heterocycles. The number of carbonyl (C=O) groups is 4. The zero-order valence-electron chi connectivity index (χ0n) is 20.5. The average molecular weight is 479 g/mol. The van der Waals surface area contributed by atoms with E-state index >= 15 is 0 Å². The van der Waals surface area contributed by atoms with Crippen molar-refractivity contribution in [1.82, 2.24) is 0 Å². The maximum atomic E-state index is 13.1. The fraction of sp³-hybridized carbons (Fsp3) is 0.760. The molecule has 4 rings (SSSR count). The van der Waals surface area contributed by atoms with Crippen molar-refractivity contribution in [3.05, 3.63) is 11.6 Å². The van der Waals surface area contributed by atoms with Gasteiger partial charge in [0.1, 0.15) is 18.0 Å². The predicted molar refractivity (Wildman–Crippen MR) is 118 cm³/mol. The lowest BCUT2D eigenvalue weighted by Crippen LogP contribution is -2.60. The van der Waals surface area contributed by atoms with E-state index in [-0.39, 0.29) is 35.6 Å². The average Bonchev–Trinajstić information content (AvgIpc) is 3.11. The van der Waals surface area contributed by atoms with Gasteiger partial charge < -0.3 is 23.7 Å². The van der Waals surface area contributed by atoms with E-state index in [1.807, 2.05) is 13.0 Å². The number of ether oxygens (including phenoxy) is 5. The Morgan fingerprint density at radius 2 is 1.62 bits per heavy atom. The van der Waals surface area contributed by atoms with E-state index < -0.39 is 35.2 Å². The molecule has 4 aliphatic carbocycles. The molecule has 0 aromatic rings. The summed E-state index contributed by atoms with van der Waals surface area (Å²) in [5, 5.41) is 0. The molecule has 0 heterocycles. The molecule has 3 fully saturated rings. The highest BCUT2D eigenvalue weighted by Gasteiger charge is 2.66. The number of methoxy groups -OCH3 is 3. The fourth-order valence-electron chi connectivity index (χ4n) is 7.43. The van der Waals surface area contributed by atoms with E-state index in [0.717, 1.165) is 5.57 Å². The third-order valence-electron chi connectivity index (χ3n) is 9.06. The number of hydrogen-bond acceptors (Lipinski definition) is 9. The van der Waals surface area contributed by atoms with Crippen molar-refractivity contribution in [2.45, 2.75) is 64.6 Å². The summed E-state index contributed by atoms with van der Waals surface area (Å²) in [6, 6.07) is 0. The zero-order chi connectivity index (χ0) is 24.8. The highest BCUT2D eigenvalue weighted by molar-refractivity contribution is 5.87. The number of hydrogen-bond donors (Lipinski definition) is 0. The molecule has 0 aromatic heterocycles. The van der Waals surface area contributed by atoms with Crippen LogP contribution in [0.3, 0.4) is 0 Å². The molecule has 9 nitrogen and oxygen atoms in total. The normalized spacial score (nSPS) is 40.6. The van der Waals surface area contributed by atoms with Gasteiger partial charge in [0.25, 0.3) is 0 Å². The highest BCUT2D eigenvalue weighted by Crippen LogP contribution is 2.66. The van der Waals surface area contributed by atoms with Crippen molar-refractivity contribution < 1.29 is 42.9 Å². The summed E-state index contributed by atoms with van der Waals surface area (Å²) >= 11 is 0. The van der Waals surface area contributed by atoms with E-state index in [1.54, 1.807) is 0 Å². The third-order valence-corrected chi connectivity index (χ3v) is 9.06. The summed E-state index contributed by atoms with van der Waals surface area (Å²) in [6.07, 6.45) is 2.74. The molecule has 0 radical (unpaired) electrons. The maximum Gasteiger partial charge on any atom is 0.508 e. The molecular formula is C25H34O9. The smallest absolute Gasteiger partial charge is 0.469 e. The summed E-state index contributed by atoms with van der Waals surface area (Å²) in [5.74, 6) is -1.27. The maximum absolute atomic E-state index is 13.1. The number of fused-ring (bicyclic) bond motifs is 5. The first-order valence-corrected chi connectivity index (χ1v) is 11.9. The lowest BCUT2D eigenvalue weighted by Gasteiger charge is -2.60. The van der Waals surface area contributed by atoms with E-state index in [9.17, 15) is 19.2 Å². The summed E-state index contributed by atoms with van der Waals surface area (Å²) < 4.78 is 25.9. The quantitative estimate of drug-likeness (QED) is 0.339. The molecule has 8 atom stereocenters. The Kier molecular flexibility index (Phi) is 6.42. The van der Waals surface area contributed by atoms with Crippen molar-refractivity contribution in [2.75, 3.05) is 21.3 Å². The fourth-order valence-corrected chi connectivity index (χ4v) is 7.43. The number of carbonyl (C=O) groups excluding carboxylic acids is 4. The van der Waals surface area contributed by atoms with Gasteiger partial charge in [0.05, 0.1) is 27.2 Å². The van der Waals surface area contributed by atoms with Crippen LogP contribution in [0.5, 0.6) is 0 Å². The van der Waals surface area contributed by atoms with Crippen molar-refractivity contribution in [1.29, 1.82) is 0 Å². The van der Waals surface area contributed by atoms with Crippen LogP contribution in [0.25, 0.3) is 0 Å². The van der Waals surface area contributed by atoms with Gasteiger partial charge in [-0.25, -0.2) is 9.59 Å². The van der Waals surface area contributed by atoms with Gasteiger partial charge in [-0.2, -0.15) is 0 Å². The van der Waals surface area contributed by atoms with Crippen molar-refractivity contribution >= 4 is 24.1 Å². The Morgan fingerprint density at radius 3 is 2.26 bits per heavy atom. The summed E-state index contributed by atoms with van der Waals surface area (Å²) in [4.78, 5) is 50.1. The Bertz CT molecular complexity index is 910. The topological polar surface area (TPSA) is 114 Å². The molecule has 34 heavy (non-hydrogen) atoms. The van der Waals surface area contributed by atoms with Crippen molar-refractivity contribution in [3.63, 3.8) is 0 Å². The summed E-state index contributed by atoms with van der Waals surface area (Å²) in [7, 11) is 3.88. The van der Waals surface area contributed by atoms with Crippen LogP contribution in [0.15, 0.2) is 11.6 Å². The minimum Gasteiger partial charge on any atom is -0.469 e. The van der Waals surface area contributed by atoms with Crippen LogP contribution in [0.2, 0.25) is 0 Å². The monoisotopic (exact) mass is 478 g/mol. The standard InChI is InChI=1S/C25H34O9/c1-24-9-8-14(33-22(28)31-4)10-13(24)11-15(21(27)30-3)19-16-6-7-18(26)25(16,2)12-17(20(19)24)34-23(29)32-5/h11,14-17,19-20H,6-10,12H2,1-5H3/t14?,15-,16?,17-,19?,20?,24?,25?/m1/s1. The lowest BCUT2D eigenvalue weighted by atomic mass is 9.45. The van der Waals surface area contributed by atoms with Gasteiger partial charge in [-0.1, -0.05) is 25.5 Å². The van der Waals surface area contributed by atoms with Crippen LogP contribution in [0, 0.1) is 34.5 Å². The first kappa shape index (κ1) is 24.5. The second-order valence-electron chi connectivity index (χ2n) is 10.5. The molecule has 0 bridgehead atoms. The van der Waals surface area contributed by atoms with Gasteiger partial charge in [0.2, 0.25) is 0 Å². The van der Waals surface area contributed by atoms with Crippen LogP contribution in [-0.2, 0) is 33.3 Å². The molecule has 4 aliphatic rings. The number of rotatable bonds is 3. The van der Waals surface area contributed by atoms with Crippen LogP contribution in [0.4, 0.5) is 9.59 Å². The van der Waals surface area contributed by atoms with E-state index in [4.69, 9.17) is 18.9 Å². The van der Waals surface area contributed by atoms with Crippen LogP contribution in [-0.4, -0.2) is 57.6 Å². The number of ketones is 1.